The molecule has 30 heavy (non-hydrogen) atoms. The summed E-state index contributed by atoms with van der Waals surface area (Å²) in [6.07, 6.45) is 1.28. The van der Waals surface area contributed by atoms with Crippen LogP contribution in [0.15, 0.2) is 50.5 Å². The summed E-state index contributed by atoms with van der Waals surface area (Å²) in [5.41, 5.74) is 1.97. The molecule has 1 aromatic carbocycles. The molecule has 0 aliphatic carbocycles. The molecule has 158 valence electrons. The largest absolute Gasteiger partial charge is 0.347 e. The Labute approximate surface area is 179 Å². The second-order valence-corrected chi connectivity index (χ2v) is 10.3. The van der Waals surface area contributed by atoms with Crippen molar-refractivity contribution in [3.05, 3.63) is 53.2 Å². The van der Waals surface area contributed by atoms with Gasteiger partial charge < -0.3 is 9.84 Å². The number of nitrogens with zero attached hydrogens (tertiary/aromatic N) is 3. The molecule has 8 nitrogen and oxygen atoms in total. The van der Waals surface area contributed by atoms with Crippen molar-refractivity contribution in [3.63, 3.8) is 0 Å². The third kappa shape index (κ3) is 4.45. The van der Waals surface area contributed by atoms with Crippen molar-refractivity contribution in [2.75, 3.05) is 13.1 Å². The molecule has 4 rings (SSSR count). The molecular weight excluding hydrogens is 424 g/mol. The highest BCUT2D eigenvalue weighted by atomic mass is 32.2. The van der Waals surface area contributed by atoms with E-state index in [0.29, 0.717) is 35.3 Å². The van der Waals surface area contributed by atoms with E-state index in [9.17, 15) is 13.2 Å². The Morgan fingerprint density at radius 3 is 2.83 bits per heavy atom. The van der Waals surface area contributed by atoms with E-state index in [1.807, 2.05) is 31.2 Å². The number of rotatable bonds is 6. The van der Waals surface area contributed by atoms with Gasteiger partial charge in [-0.25, -0.2) is 8.42 Å². The van der Waals surface area contributed by atoms with E-state index in [0.717, 1.165) is 11.1 Å². The fraction of sp³-hybridized carbons (Fsp3) is 0.350. The number of hydrogen-bond donors (Lipinski definition) is 1. The van der Waals surface area contributed by atoms with Crippen molar-refractivity contribution in [3.8, 4) is 11.4 Å². The third-order valence-electron chi connectivity index (χ3n) is 5.04. The molecule has 1 fully saturated rings. The second-order valence-electron chi connectivity index (χ2n) is 7.23. The monoisotopic (exact) mass is 446 g/mol. The van der Waals surface area contributed by atoms with Gasteiger partial charge in [-0.3, -0.25) is 4.79 Å². The summed E-state index contributed by atoms with van der Waals surface area (Å²) in [5.74, 6) is 0.145. The van der Waals surface area contributed by atoms with Crippen LogP contribution in [0.2, 0.25) is 0 Å². The van der Waals surface area contributed by atoms with Gasteiger partial charge in [0, 0.05) is 18.7 Å². The highest BCUT2D eigenvalue weighted by molar-refractivity contribution is 7.91. The standard InChI is InChI=1S/C20H22N4O4S2/c1-14-6-8-15(9-7-14)19-22-17(28-23-19)12-21-20(25)16-4-2-10-24(13-16)30(26,27)18-5-3-11-29-18/h3,5-9,11,16H,2,4,10,12-13H2,1H3,(H,21,25). The van der Waals surface area contributed by atoms with Gasteiger partial charge in [-0.1, -0.05) is 41.1 Å². The van der Waals surface area contributed by atoms with Gasteiger partial charge in [-0.05, 0) is 31.2 Å². The van der Waals surface area contributed by atoms with Crippen LogP contribution in [0, 0.1) is 12.8 Å². The normalized spacial score (nSPS) is 17.7. The lowest BCUT2D eigenvalue weighted by Gasteiger charge is -2.30. The summed E-state index contributed by atoms with van der Waals surface area (Å²) < 4.78 is 32.4. The fourth-order valence-corrected chi connectivity index (χ4v) is 6.03. The Balaban J connectivity index is 1.36. The molecule has 0 saturated carbocycles. The molecule has 1 atom stereocenters. The summed E-state index contributed by atoms with van der Waals surface area (Å²) in [4.78, 5) is 16.9. The van der Waals surface area contributed by atoms with E-state index in [2.05, 4.69) is 15.5 Å². The number of hydrogen-bond acceptors (Lipinski definition) is 7. The van der Waals surface area contributed by atoms with Gasteiger partial charge in [0.15, 0.2) is 0 Å². The van der Waals surface area contributed by atoms with Crippen LogP contribution in [0.4, 0.5) is 0 Å². The van der Waals surface area contributed by atoms with Crippen molar-refractivity contribution in [1.82, 2.24) is 19.8 Å². The van der Waals surface area contributed by atoms with Gasteiger partial charge in [0.25, 0.3) is 10.0 Å². The maximum atomic E-state index is 12.7. The number of benzene rings is 1. The minimum Gasteiger partial charge on any atom is -0.347 e. The molecule has 1 aliphatic heterocycles. The van der Waals surface area contributed by atoms with E-state index in [1.54, 1.807) is 17.5 Å². The van der Waals surface area contributed by atoms with Crippen LogP contribution in [0.25, 0.3) is 11.4 Å². The van der Waals surface area contributed by atoms with Gasteiger partial charge in [-0.2, -0.15) is 9.29 Å². The van der Waals surface area contributed by atoms with Crippen molar-refractivity contribution >= 4 is 27.3 Å². The number of thiophene rings is 1. The number of sulfonamides is 1. The van der Waals surface area contributed by atoms with Crippen LogP contribution in [-0.2, 0) is 21.4 Å². The summed E-state index contributed by atoms with van der Waals surface area (Å²) in [6.45, 7) is 2.70. The summed E-state index contributed by atoms with van der Waals surface area (Å²) in [7, 11) is -3.55. The van der Waals surface area contributed by atoms with Gasteiger partial charge in [0.2, 0.25) is 17.6 Å². The van der Waals surface area contributed by atoms with Crippen molar-refractivity contribution < 1.29 is 17.7 Å². The average Bonchev–Trinajstić information content (AvgIpc) is 3.45. The SMILES string of the molecule is Cc1ccc(-c2noc(CNC(=O)C3CCCN(S(=O)(=O)c4cccs4)C3)n2)cc1. The number of nitrogens with one attached hydrogen (secondary N) is 1. The van der Waals surface area contributed by atoms with E-state index in [-0.39, 0.29) is 19.0 Å². The first-order valence-electron chi connectivity index (χ1n) is 9.64. The lowest BCUT2D eigenvalue weighted by Crippen LogP contribution is -2.45. The maximum Gasteiger partial charge on any atom is 0.252 e. The van der Waals surface area contributed by atoms with Crippen molar-refractivity contribution in [2.24, 2.45) is 5.92 Å². The first kappa shape index (κ1) is 20.7. The van der Waals surface area contributed by atoms with Crippen LogP contribution in [0.1, 0.15) is 24.3 Å². The summed E-state index contributed by atoms with van der Waals surface area (Å²) in [5, 5.41) is 8.48. The highest BCUT2D eigenvalue weighted by Gasteiger charge is 2.33. The first-order valence-corrected chi connectivity index (χ1v) is 12.0. The quantitative estimate of drug-likeness (QED) is 0.624. The van der Waals surface area contributed by atoms with Gasteiger partial charge in [0.05, 0.1) is 12.5 Å². The predicted molar refractivity (Wildman–Crippen MR) is 112 cm³/mol. The molecule has 3 heterocycles. The Hall–Kier alpha value is -2.56. The Bertz CT molecular complexity index is 1110. The molecule has 1 unspecified atom stereocenters. The molecule has 0 spiro atoms. The fourth-order valence-electron chi connectivity index (χ4n) is 3.37. The van der Waals surface area contributed by atoms with Crippen LogP contribution in [0.3, 0.4) is 0 Å². The molecule has 1 saturated heterocycles. The molecule has 2 aromatic heterocycles. The van der Waals surface area contributed by atoms with Crippen LogP contribution < -0.4 is 5.32 Å². The number of amides is 1. The Kier molecular flexibility index (Phi) is 5.98. The minimum absolute atomic E-state index is 0.103. The Morgan fingerprint density at radius 1 is 1.30 bits per heavy atom. The molecule has 1 aliphatic rings. The lowest BCUT2D eigenvalue weighted by atomic mass is 9.99. The van der Waals surface area contributed by atoms with E-state index >= 15 is 0 Å². The predicted octanol–water partition coefficient (Wildman–Crippen LogP) is 2.82. The molecular formula is C20H22N4O4S2. The topological polar surface area (TPSA) is 105 Å². The second kappa shape index (κ2) is 8.66. The average molecular weight is 447 g/mol. The van der Waals surface area contributed by atoms with Crippen molar-refractivity contribution in [1.29, 1.82) is 0 Å². The van der Waals surface area contributed by atoms with E-state index in [1.165, 1.54) is 15.6 Å². The number of aryl methyl sites for hydroxylation is 1. The lowest BCUT2D eigenvalue weighted by molar-refractivity contribution is -0.126. The van der Waals surface area contributed by atoms with Crippen molar-refractivity contribution in [2.45, 2.75) is 30.5 Å². The first-order chi connectivity index (χ1) is 14.4. The molecule has 0 bridgehead atoms. The smallest absolute Gasteiger partial charge is 0.252 e. The molecule has 3 aromatic rings. The minimum atomic E-state index is -3.55. The molecule has 1 N–H and O–H groups in total. The molecule has 10 heteroatoms. The molecule has 1 amide bonds. The Morgan fingerprint density at radius 2 is 2.10 bits per heavy atom. The van der Waals surface area contributed by atoms with Gasteiger partial charge in [-0.15, -0.1) is 11.3 Å². The summed E-state index contributed by atoms with van der Waals surface area (Å²) in [6, 6.07) is 11.0. The zero-order valence-corrected chi connectivity index (χ0v) is 18.1. The van der Waals surface area contributed by atoms with E-state index < -0.39 is 15.9 Å². The van der Waals surface area contributed by atoms with Crippen LogP contribution >= 0.6 is 11.3 Å². The van der Waals surface area contributed by atoms with Gasteiger partial charge >= 0.3 is 0 Å². The number of carbonyl (C=O) groups is 1. The van der Waals surface area contributed by atoms with Crippen LogP contribution in [-0.4, -0.2) is 41.9 Å². The van der Waals surface area contributed by atoms with Gasteiger partial charge in [0.1, 0.15) is 4.21 Å². The maximum absolute atomic E-state index is 12.7. The number of aromatic nitrogens is 2. The van der Waals surface area contributed by atoms with Crippen LogP contribution in [0.5, 0.6) is 0 Å². The summed E-state index contributed by atoms with van der Waals surface area (Å²) >= 11 is 1.18. The number of carbonyl (C=O) groups excluding carboxylic acids is 1. The van der Waals surface area contributed by atoms with E-state index in [4.69, 9.17) is 4.52 Å². The number of piperidine rings is 1. The molecule has 0 radical (unpaired) electrons. The zero-order valence-electron chi connectivity index (χ0n) is 16.4. The third-order valence-corrected chi connectivity index (χ3v) is 8.27. The zero-order chi connectivity index (χ0) is 21.1. The highest BCUT2D eigenvalue weighted by Crippen LogP contribution is 2.26.